The Balaban J connectivity index is 1.38. The zero-order chi connectivity index (χ0) is 28.1. The molecule has 1 atom stereocenters. The quantitative estimate of drug-likeness (QED) is 0.553. The normalized spacial score (nSPS) is 24.6. The van der Waals surface area contributed by atoms with E-state index in [1.54, 1.807) is 37.3 Å². The number of ether oxygens (including phenoxy) is 1. The number of hydrogen-bond donors (Lipinski definition) is 2. The summed E-state index contributed by atoms with van der Waals surface area (Å²) in [6.07, 6.45) is 5.34. The number of aryl methyl sites for hydroxylation is 1. The van der Waals surface area contributed by atoms with Crippen LogP contribution in [-0.2, 0) is 25.5 Å². The Bertz CT molecular complexity index is 1440. The summed E-state index contributed by atoms with van der Waals surface area (Å²) in [5.41, 5.74) is 4.72. The lowest BCUT2D eigenvalue weighted by atomic mass is 9.80. The first-order chi connectivity index (χ1) is 19.3. The van der Waals surface area contributed by atoms with Gasteiger partial charge < -0.3 is 15.0 Å². The number of benzene rings is 2. The van der Waals surface area contributed by atoms with Gasteiger partial charge in [-0.3, -0.25) is 34.2 Å². The van der Waals surface area contributed by atoms with Crippen LogP contribution in [0.15, 0.2) is 30.3 Å². The fourth-order valence-corrected chi connectivity index (χ4v) is 6.53. The predicted molar refractivity (Wildman–Crippen MR) is 147 cm³/mol. The summed E-state index contributed by atoms with van der Waals surface area (Å²) >= 11 is 0. The third-order valence-corrected chi connectivity index (χ3v) is 8.78. The van der Waals surface area contributed by atoms with Crippen LogP contribution in [-0.4, -0.2) is 60.7 Å². The van der Waals surface area contributed by atoms with E-state index in [1.165, 1.54) is 0 Å². The van der Waals surface area contributed by atoms with Crippen LogP contribution >= 0.6 is 0 Å². The number of carbonyl (C=O) groups is 5. The van der Waals surface area contributed by atoms with E-state index >= 15 is 0 Å². The van der Waals surface area contributed by atoms with Crippen LogP contribution in [0.4, 0.5) is 17.1 Å². The van der Waals surface area contributed by atoms with Crippen molar-refractivity contribution < 1.29 is 28.7 Å². The van der Waals surface area contributed by atoms with E-state index in [9.17, 15) is 24.0 Å². The van der Waals surface area contributed by atoms with Crippen molar-refractivity contribution in [3.05, 3.63) is 52.6 Å². The van der Waals surface area contributed by atoms with Gasteiger partial charge in [0, 0.05) is 38.4 Å². The summed E-state index contributed by atoms with van der Waals surface area (Å²) in [5.74, 6) is -1.85. The van der Waals surface area contributed by atoms with Crippen molar-refractivity contribution in [2.45, 2.75) is 69.4 Å². The molecule has 6 rings (SSSR count). The zero-order valence-electron chi connectivity index (χ0n) is 22.6. The smallest absolute Gasteiger partial charge is 0.264 e. The molecule has 208 valence electrons. The summed E-state index contributed by atoms with van der Waals surface area (Å²) in [5, 5.41) is 5.69. The van der Waals surface area contributed by atoms with Gasteiger partial charge in [-0.2, -0.15) is 0 Å². The third-order valence-electron chi connectivity index (χ3n) is 8.78. The molecule has 1 saturated heterocycles. The van der Waals surface area contributed by atoms with Gasteiger partial charge in [0.25, 0.3) is 11.8 Å². The molecule has 2 fully saturated rings. The molecule has 3 aliphatic heterocycles. The van der Waals surface area contributed by atoms with E-state index in [4.69, 9.17) is 4.74 Å². The number of hydrogen-bond acceptors (Lipinski definition) is 7. The number of fused-ring (bicyclic) bond motifs is 2. The fourth-order valence-electron chi connectivity index (χ4n) is 6.53. The van der Waals surface area contributed by atoms with Gasteiger partial charge in [0.05, 0.1) is 22.9 Å². The molecule has 0 aromatic heterocycles. The van der Waals surface area contributed by atoms with Crippen molar-refractivity contribution in [1.82, 2.24) is 10.2 Å². The Kier molecular flexibility index (Phi) is 6.66. The molecule has 2 aromatic carbocycles. The molecule has 10 heteroatoms. The maximum Gasteiger partial charge on any atom is 0.264 e. The number of nitrogens with one attached hydrogen (secondary N) is 2. The molecular weight excluding hydrogens is 512 g/mol. The lowest BCUT2D eigenvalue weighted by Crippen LogP contribution is -2.54. The van der Waals surface area contributed by atoms with Crippen molar-refractivity contribution >= 4 is 46.6 Å². The summed E-state index contributed by atoms with van der Waals surface area (Å²) in [6, 6.07) is 8.16. The molecule has 5 amide bonds. The highest BCUT2D eigenvalue weighted by molar-refractivity contribution is 6.25. The molecule has 2 aromatic rings. The molecule has 1 saturated carbocycles. The van der Waals surface area contributed by atoms with Gasteiger partial charge in [-0.05, 0) is 73.8 Å². The van der Waals surface area contributed by atoms with Crippen LogP contribution in [0.5, 0.6) is 0 Å². The van der Waals surface area contributed by atoms with E-state index < -0.39 is 29.7 Å². The van der Waals surface area contributed by atoms with Crippen molar-refractivity contribution in [2.24, 2.45) is 0 Å². The molecular formula is C30H32N4O6. The summed E-state index contributed by atoms with van der Waals surface area (Å²) in [4.78, 5) is 66.3. The van der Waals surface area contributed by atoms with E-state index in [0.717, 1.165) is 53.1 Å². The molecule has 0 bridgehead atoms. The third kappa shape index (κ3) is 4.36. The van der Waals surface area contributed by atoms with E-state index in [0.29, 0.717) is 18.5 Å². The molecule has 10 nitrogen and oxygen atoms in total. The first-order valence-corrected chi connectivity index (χ1v) is 13.8. The van der Waals surface area contributed by atoms with Crippen molar-refractivity contribution in [1.29, 1.82) is 0 Å². The summed E-state index contributed by atoms with van der Waals surface area (Å²) in [6.45, 7) is 0. The number of anilines is 3. The number of methoxy groups -OCH3 is 1. The highest BCUT2D eigenvalue weighted by atomic mass is 16.5. The molecule has 4 aliphatic rings. The first kappa shape index (κ1) is 26.2. The van der Waals surface area contributed by atoms with Crippen LogP contribution in [0.1, 0.15) is 82.7 Å². The minimum absolute atomic E-state index is 0.0491. The average molecular weight is 545 g/mol. The molecule has 0 radical (unpaired) electrons. The largest absolute Gasteiger partial charge is 0.381 e. The van der Waals surface area contributed by atoms with Gasteiger partial charge in [0.1, 0.15) is 6.04 Å². The number of amides is 5. The van der Waals surface area contributed by atoms with E-state index in [-0.39, 0.29) is 41.9 Å². The van der Waals surface area contributed by atoms with Gasteiger partial charge >= 0.3 is 0 Å². The molecule has 0 unspecified atom stereocenters. The fraction of sp³-hybridized carbons (Fsp3) is 0.433. The second-order valence-electron chi connectivity index (χ2n) is 11.0. The molecule has 1 aliphatic carbocycles. The lowest BCUT2D eigenvalue weighted by Gasteiger charge is -2.32. The monoisotopic (exact) mass is 544 g/mol. The highest BCUT2D eigenvalue weighted by Crippen LogP contribution is 2.43. The van der Waals surface area contributed by atoms with Gasteiger partial charge in [0.15, 0.2) is 0 Å². The van der Waals surface area contributed by atoms with Crippen LogP contribution in [0.25, 0.3) is 0 Å². The first-order valence-electron chi connectivity index (χ1n) is 13.8. The van der Waals surface area contributed by atoms with Crippen molar-refractivity contribution in [3.8, 4) is 0 Å². The lowest BCUT2D eigenvalue weighted by molar-refractivity contribution is -0.136. The number of imide groups is 2. The zero-order valence-corrected chi connectivity index (χ0v) is 22.6. The number of carbonyl (C=O) groups excluding carboxylic acids is 5. The van der Waals surface area contributed by atoms with E-state index in [2.05, 4.69) is 16.7 Å². The second kappa shape index (κ2) is 10.2. The van der Waals surface area contributed by atoms with Gasteiger partial charge in [-0.1, -0.05) is 12.1 Å². The predicted octanol–water partition coefficient (Wildman–Crippen LogP) is 3.41. The molecule has 0 spiro atoms. The Morgan fingerprint density at radius 1 is 0.900 bits per heavy atom. The second-order valence-corrected chi connectivity index (χ2v) is 11.0. The van der Waals surface area contributed by atoms with Crippen LogP contribution in [0.2, 0.25) is 0 Å². The maximum absolute atomic E-state index is 13.7. The summed E-state index contributed by atoms with van der Waals surface area (Å²) < 4.78 is 5.58. The number of nitrogens with zero attached hydrogens (tertiary/aromatic N) is 2. The van der Waals surface area contributed by atoms with Crippen molar-refractivity contribution in [3.63, 3.8) is 0 Å². The van der Waals surface area contributed by atoms with Gasteiger partial charge in [0.2, 0.25) is 17.7 Å². The minimum Gasteiger partial charge on any atom is -0.381 e. The number of rotatable bonds is 5. The maximum atomic E-state index is 13.7. The molecule has 2 N–H and O–H groups in total. The van der Waals surface area contributed by atoms with E-state index in [1.807, 2.05) is 6.07 Å². The van der Waals surface area contributed by atoms with Crippen molar-refractivity contribution in [2.75, 3.05) is 24.4 Å². The topological polar surface area (TPSA) is 125 Å². The highest BCUT2D eigenvalue weighted by Gasteiger charge is 2.45. The molecule has 40 heavy (non-hydrogen) atoms. The Labute approximate surface area is 232 Å². The SMILES string of the molecule is COC1CCC(c2cc3c(cc2Nc2cccc4c2C(=O)N([C@H]2CCC(=O)NC2=O)C4=O)N(C)C(=O)CC3)CC1. The number of piperidine rings is 1. The Hall–Kier alpha value is -4.05. The van der Waals surface area contributed by atoms with Gasteiger partial charge in [-0.25, -0.2) is 0 Å². The summed E-state index contributed by atoms with van der Waals surface area (Å²) in [7, 11) is 3.52. The Morgan fingerprint density at radius 3 is 2.40 bits per heavy atom. The average Bonchev–Trinajstić information content (AvgIpc) is 3.21. The van der Waals surface area contributed by atoms with Gasteiger partial charge in [-0.15, -0.1) is 0 Å². The molecule has 3 heterocycles. The Morgan fingerprint density at radius 2 is 1.68 bits per heavy atom. The minimum atomic E-state index is -1.03. The standard InChI is InChI=1S/C30H32N4O6/c1-33-24-15-22(20(14-17(24)8-13-26(33)36)16-6-9-18(40-2)10-7-16)31-21-5-3-4-19-27(21)30(39)34(29(19)38)23-11-12-25(35)32-28(23)37/h3-5,14-16,18,23,31H,6-13H2,1-2H3,(H,32,35,37)/t16?,18?,23-/m0/s1. The van der Waals surface area contributed by atoms with Crippen LogP contribution < -0.4 is 15.5 Å². The van der Waals surface area contributed by atoms with Crippen LogP contribution in [0.3, 0.4) is 0 Å². The van der Waals surface area contributed by atoms with Crippen LogP contribution in [0, 0.1) is 0 Å².